The van der Waals surface area contributed by atoms with E-state index >= 15 is 0 Å². The number of nitrogens with zero attached hydrogens (tertiary/aromatic N) is 3. The van der Waals surface area contributed by atoms with E-state index in [0.29, 0.717) is 5.69 Å². The van der Waals surface area contributed by atoms with Crippen molar-refractivity contribution in [2.24, 2.45) is 0 Å². The maximum atomic E-state index is 11.2. The van der Waals surface area contributed by atoms with Crippen molar-refractivity contribution >= 4 is 17.5 Å². The van der Waals surface area contributed by atoms with E-state index in [2.05, 4.69) is 10.2 Å². The predicted octanol–water partition coefficient (Wildman–Crippen LogP) is 0.832. The SMILES string of the molecule is CN(C)C(=O)c1ccc(Cl)nn1. The van der Waals surface area contributed by atoms with Crippen molar-refractivity contribution in [3.05, 3.63) is 23.0 Å². The van der Waals surface area contributed by atoms with Gasteiger partial charge in [-0.2, -0.15) is 0 Å². The summed E-state index contributed by atoms with van der Waals surface area (Å²) in [6.07, 6.45) is 0. The molecule has 5 heteroatoms. The van der Waals surface area contributed by atoms with Gasteiger partial charge in [0.2, 0.25) is 0 Å². The van der Waals surface area contributed by atoms with Crippen molar-refractivity contribution in [2.45, 2.75) is 0 Å². The molecule has 0 fully saturated rings. The molecule has 4 nitrogen and oxygen atoms in total. The topological polar surface area (TPSA) is 46.1 Å². The summed E-state index contributed by atoms with van der Waals surface area (Å²) in [7, 11) is 3.30. The van der Waals surface area contributed by atoms with Crippen LogP contribution in [-0.2, 0) is 0 Å². The van der Waals surface area contributed by atoms with Crippen LogP contribution in [0.5, 0.6) is 0 Å². The van der Waals surface area contributed by atoms with Gasteiger partial charge in [-0.25, -0.2) is 0 Å². The molecule has 12 heavy (non-hydrogen) atoms. The highest BCUT2D eigenvalue weighted by Crippen LogP contribution is 2.03. The standard InChI is InChI=1S/C7H8ClN3O/c1-11(2)7(12)5-3-4-6(8)10-9-5/h3-4H,1-2H3. The second-order valence-electron chi connectivity index (χ2n) is 2.44. The fourth-order valence-corrected chi connectivity index (χ4v) is 0.760. The average Bonchev–Trinajstić information content (AvgIpc) is 2.04. The molecule has 1 aromatic rings. The van der Waals surface area contributed by atoms with Crippen molar-refractivity contribution in [3.63, 3.8) is 0 Å². The van der Waals surface area contributed by atoms with Crippen LogP contribution in [0.3, 0.4) is 0 Å². The third-order valence-electron chi connectivity index (χ3n) is 1.26. The Morgan fingerprint density at radius 3 is 2.50 bits per heavy atom. The van der Waals surface area contributed by atoms with Gasteiger partial charge in [-0.3, -0.25) is 4.79 Å². The molecule has 0 aliphatic rings. The number of hydrogen-bond donors (Lipinski definition) is 0. The molecule has 64 valence electrons. The molecule has 0 spiro atoms. The lowest BCUT2D eigenvalue weighted by Gasteiger charge is -2.07. The summed E-state index contributed by atoms with van der Waals surface area (Å²) in [6, 6.07) is 3.07. The highest BCUT2D eigenvalue weighted by Gasteiger charge is 2.08. The maximum absolute atomic E-state index is 11.2. The van der Waals surface area contributed by atoms with Crippen LogP contribution in [0.15, 0.2) is 12.1 Å². The van der Waals surface area contributed by atoms with Gasteiger partial charge >= 0.3 is 0 Å². The number of aromatic nitrogens is 2. The van der Waals surface area contributed by atoms with Gasteiger partial charge in [-0.15, -0.1) is 10.2 Å². The summed E-state index contributed by atoms with van der Waals surface area (Å²) in [4.78, 5) is 12.7. The number of halogens is 1. The van der Waals surface area contributed by atoms with Crippen LogP contribution in [0.4, 0.5) is 0 Å². The van der Waals surface area contributed by atoms with Crippen LogP contribution in [0.1, 0.15) is 10.5 Å². The minimum atomic E-state index is -0.181. The predicted molar refractivity (Wildman–Crippen MR) is 45.1 cm³/mol. The smallest absolute Gasteiger partial charge is 0.273 e. The van der Waals surface area contributed by atoms with Gasteiger partial charge in [-0.1, -0.05) is 11.6 Å². The van der Waals surface area contributed by atoms with Crippen LogP contribution in [0.25, 0.3) is 0 Å². The van der Waals surface area contributed by atoms with Crippen LogP contribution < -0.4 is 0 Å². The summed E-state index contributed by atoms with van der Waals surface area (Å²) < 4.78 is 0. The minimum Gasteiger partial charge on any atom is -0.343 e. The maximum Gasteiger partial charge on any atom is 0.273 e. The molecule has 1 aromatic heterocycles. The number of hydrogen-bond acceptors (Lipinski definition) is 3. The Labute approximate surface area is 75.2 Å². The van der Waals surface area contributed by atoms with Gasteiger partial charge in [0.15, 0.2) is 10.8 Å². The monoisotopic (exact) mass is 185 g/mol. The first-order valence-corrected chi connectivity index (χ1v) is 3.70. The summed E-state index contributed by atoms with van der Waals surface area (Å²) >= 11 is 5.50. The molecule has 0 bridgehead atoms. The normalized spacial score (nSPS) is 9.58. The van der Waals surface area contributed by atoms with Gasteiger partial charge in [0.25, 0.3) is 5.91 Å². The van der Waals surface area contributed by atoms with Crippen LogP contribution in [0, 0.1) is 0 Å². The van der Waals surface area contributed by atoms with Crippen molar-refractivity contribution < 1.29 is 4.79 Å². The summed E-state index contributed by atoms with van der Waals surface area (Å²) in [6.45, 7) is 0. The molecule has 0 unspecified atom stereocenters. The summed E-state index contributed by atoms with van der Waals surface area (Å²) in [5, 5.41) is 7.46. The molecule has 1 rings (SSSR count). The highest BCUT2D eigenvalue weighted by atomic mass is 35.5. The molecule has 0 aromatic carbocycles. The molecule has 0 atom stereocenters. The quantitative estimate of drug-likeness (QED) is 0.651. The first-order chi connectivity index (χ1) is 5.61. The fourth-order valence-electron chi connectivity index (χ4n) is 0.659. The van der Waals surface area contributed by atoms with Crippen molar-refractivity contribution in [3.8, 4) is 0 Å². The molecule has 0 N–H and O–H groups in total. The number of amides is 1. The van der Waals surface area contributed by atoms with E-state index < -0.39 is 0 Å². The van der Waals surface area contributed by atoms with E-state index in [0.717, 1.165) is 0 Å². The summed E-state index contributed by atoms with van der Waals surface area (Å²) in [5.74, 6) is -0.181. The molecular weight excluding hydrogens is 178 g/mol. The Balaban J connectivity index is 2.90. The lowest BCUT2D eigenvalue weighted by atomic mass is 10.3. The second kappa shape index (κ2) is 3.49. The van der Waals surface area contributed by atoms with Crippen molar-refractivity contribution in [1.29, 1.82) is 0 Å². The van der Waals surface area contributed by atoms with E-state index in [-0.39, 0.29) is 11.1 Å². The largest absolute Gasteiger partial charge is 0.343 e. The van der Waals surface area contributed by atoms with Crippen LogP contribution in [-0.4, -0.2) is 35.1 Å². The molecule has 0 radical (unpaired) electrons. The van der Waals surface area contributed by atoms with Gasteiger partial charge in [-0.05, 0) is 12.1 Å². The zero-order chi connectivity index (χ0) is 9.14. The van der Waals surface area contributed by atoms with E-state index in [1.165, 1.54) is 17.0 Å². The molecule has 1 amide bonds. The third-order valence-corrected chi connectivity index (χ3v) is 1.46. The molecule has 0 saturated carbocycles. The lowest BCUT2D eigenvalue weighted by molar-refractivity contribution is 0.0821. The van der Waals surface area contributed by atoms with E-state index in [1.54, 1.807) is 14.1 Å². The van der Waals surface area contributed by atoms with Crippen molar-refractivity contribution in [2.75, 3.05) is 14.1 Å². The van der Waals surface area contributed by atoms with E-state index in [4.69, 9.17) is 11.6 Å². The van der Waals surface area contributed by atoms with Crippen LogP contribution >= 0.6 is 11.6 Å². The van der Waals surface area contributed by atoms with Gasteiger partial charge in [0.05, 0.1) is 0 Å². The van der Waals surface area contributed by atoms with Gasteiger partial charge < -0.3 is 4.90 Å². The lowest BCUT2D eigenvalue weighted by Crippen LogP contribution is -2.22. The van der Waals surface area contributed by atoms with E-state index in [1.807, 2.05) is 0 Å². The van der Waals surface area contributed by atoms with Crippen LogP contribution in [0.2, 0.25) is 5.15 Å². The number of carbonyl (C=O) groups excluding carboxylic acids is 1. The molecule has 0 saturated heterocycles. The highest BCUT2D eigenvalue weighted by molar-refractivity contribution is 6.29. The molecule has 0 aliphatic heterocycles. The Hall–Kier alpha value is -1.16. The molecule has 0 aliphatic carbocycles. The third kappa shape index (κ3) is 1.92. The second-order valence-corrected chi connectivity index (χ2v) is 2.83. The Morgan fingerprint density at radius 1 is 1.42 bits per heavy atom. The zero-order valence-corrected chi connectivity index (χ0v) is 7.54. The first kappa shape index (κ1) is 8.93. The van der Waals surface area contributed by atoms with Gasteiger partial charge in [0.1, 0.15) is 0 Å². The zero-order valence-electron chi connectivity index (χ0n) is 6.78. The molecule has 1 heterocycles. The minimum absolute atomic E-state index is 0.181. The first-order valence-electron chi connectivity index (χ1n) is 3.32. The number of carbonyl (C=O) groups is 1. The number of rotatable bonds is 1. The molecular formula is C7H8ClN3O. The fraction of sp³-hybridized carbons (Fsp3) is 0.286. The van der Waals surface area contributed by atoms with Crippen molar-refractivity contribution in [1.82, 2.24) is 15.1 Å². The Kier molecular flexibility index (Phi) is 2.60. The van der Waals surface area contributed by atoms with Gasteiger partial charge in [0, 0.05) is 14.1 Å². The van der Waals surface area contributed by atoms with E-state index in [9.17, 15) is 4.79 Å². The average molecular weight is 186 g/mol. The summed E-state index contributed by atoms with van der Waals surface area (Å²) in [5.41, 5.74) is 0.296. The Morgan fingerprint density at radius 2 is 2.08 bits per heavy atom. The Bertz CT molecular complexity index is 283.